The van der Waals surface area contributed by atoms with Crippen LogP contribution in [0.25, 0.3) is 0 Å². The van der Waals surface area contributed by atoms with Crippen LogP contribution in [-0.2, 0) is 16.1 Å². The van der Waals surface area contributed by atoms with Gasteiger partial charge in [-0.1, -0.05) is 59.6 Å². The van der Waals surface area contributed by atoms with E-state index in [0.29, 0.717) is 35.6 Å². The molecule has 7 heteroatoms. The Morgan fingerprint density at radius 3 is 2.53 bits per heavy atom. The molecule has 1 aliphatic heterocycles. The molecule has 1 heterocycles. The molecule has 0 saturated heterocycles. The van der Waals surface area contributed by atoms with Crippen molar-refractivity contribution in [1.29, 1.82) is 0 Å². The number of benzene rings is 2. The van der Waals surface area contributed by atoms with Gasteiger partial charge in [-0.25, -0.2) is 9.59 Å². The number of carbonyl (C=O) groups is 2. The topological polar surface area (TPSA) is 76.7 Å². The Morgan fingerprint density at radius 2 is 1.83 bits per heavy atom. The molecule has 1 unspecified atom stereocenters. The highest BCUT2D eigenvalue weighted by atomic mass is 79.9. The number of allylic oxidation sites excluding steroid dienone is 1. The molecule has 30 heavy (non-hydrogen) atoms. The van der Waals surface area contributed by atoms with Crippen LogP contribution < -0.4 is 15.4 Å². The quantitative estimate of drug-likeness (QED) is 0.530. The maximum Gasteiger partial charge on any atom is 0.338 e. The van der Waals surface area contributed by atoms with Crippen molar-refractivity contribution in [3.63, 3.8) is 0 Å². The lowest BCUT2D eigenvalue weighted by atomic mass is 9.93. The van der Waals surface area contributed by atoms with Crippen LogP contribution in [0.3, 0.4) is 0 Å². The number of carbonyl (C=O) groups excluding carboxylic acids is 2. The Labute approximate surface area is 184 Å². The van der Waals surface area contributed by atoms with Crippen LogP contribution >= 0.6 is 15.9 Å². The van der Waals surface area contributed by atoms with E-state index in [2.05, 4.69) is 26.6 Å². The van der Waals surface area contributed by atoms with Gasteiger partial charge in [0.2, 0.25) is 0 Å². The fourth-order valence-corrected chi connectivity index (χ4v) is 3.60. The molecule has 1 aliphatic rings. The molecule has 2 aromatic rings. The highest BCUT2D eigenvalue weighted by Crippen LogP contribution is 2.35. The Balaban J connectivity index is 1.95. The molecule has 0 bridgehead atoms. The summed E-state index contributed by atoms with van der Waals surface area (Å²) in [7, 11) is 0. The van der Waals surface area contributed by atoms with Crippen LogP contribution in [0, 0.1) is 0 Å². The summed E-state index contributed by atoms with van der Waals surface area (Å²) in [5.41, 5.74) is 2.72. The van der Waals surface area contributed by atoms with Gasteiger partial charge < -0.3 is 20.1 Å². The van der Waals surface area contributed by atoms with Crippen molar-refractivity contribution in [1.82, 2.24) is 10.6 Å². The third-order valence-corrected chi connectivity index (χ3v) is 5.22. The molecule has 2 aromatic carbocycles. The van der Waals surface area contributed by atoms with Crippen molar-refractivity contribution in [2.75, 3.05) is 6.61 Å². The zero-order valence-corrected chi connectivity index (χ0v) is 18.6. The van der Waals surface area contributed by atoms with E-state index < -0.39 is 12.0 Å². The number of hydrogen-bond donors (Lipinski definition) is 2. The zero-order chi connectivity index (χ0) is 21.5. The van der Waals surface area contributed by atoms with E-state index in [4.69, 9.17) is 9.47 Å². The van der Waals surface area contributed by atoms with Crippen LogP contribution in [0.1, 0.15) is 43.9 Å². The second-order valence-electron chi connectivity index (χ2n) is 6.85. The van der Waals surface area contributed by atoms with Gasteiger partial charge in [-0.15, -0.1) is 0 Å². The van der Waals surface area contributed by atoms with Crippen molar-refractivity contribution in [3.05, 3.63) is 75.4 Å². The second kappa shape index (κ2) is 10.3. The first-order valence-electron chi connectivity index (χ1n) is 9.97. The van der Waals surface area contributed by atoms with Gasteiger partial charge in [-0.05, 0) is 37.1 Å². The van der Waals surface area contributed by atoms with Crippen molar-refractivity contribution >= 4 is 27.9 Å². The van der Waals surface area contributed by atoms with Crippen LogP contribution in [0.4, 0.5) is 4.79 Å². The fraction of sp³-hybridized carbons (Fsp3) is 0.304. The maximum atomic E-state index is 12.8. The van der Waals surface area contributed by atoms with Crippen LogP contribution in [0.15, 0.2) is 64.3 Å². The summed E-state index contributed by atoms with van der Waals surface area (Å²) in [6, 6.07) is 14.3. The number of nitrogens with one attached hydrogen (secondary N) is 2. The van der Waals surface area contributed by atoms with E-state index >= 15 is 0 Å². The minimum atomic E-state index is -0.652. The maximum absolute atomic E-state index is 12.8. The third kappa shape index (κ3) is 5.21. The molecule has 2 N–H and O–H groups in total. The smallest absolute Gasteiger partial charge is 0.338 e. The number of ether oxygens (including phenoxy) is 2. The molecule has 0 aromatic heterocycles. The highest BCUT2D eigenvalue weighted by molar-refractivity contribution is 9.10. The summed E-state index contributed by atoms with van der Waals surface area (Å²) in [5.74, 6) is 0.159. The van der Waals surface area contributed by atoms with Crippen LogP contribution in [0.5, 0.6) is 5.75 Å². The molecule has 0 radical (unpaired) electrons. The highest BCUT2D eigenvalue weighted by Gasteiger charge is 2.34. The second-order valence-corrected chi connectivity index (χ2v) is 7.76. The van der Waals surface area contributed by atoms with Crippen molar-refractivity contribution in [2.45, 2.75) is 39.3 Å². The average Bonchev–Trinajstić information content (AvgIpc) is 2.73. The summed E-state index contributed by atoms with van der Waals surface area (Å²) in [5, 5.41) is 5.63. The van der Waals surface area contributed by atoms with Gasteiger partial charge in [0.25, 0.3) is 0 Å². The number of para-hydroxylation sites is 1. The van der Waals surface area contributed by atoms with E-state index in [1.807, 2.05) is 55.5 Å². The molecule has 158 valence electrons. The Morgan fingerprint density at radius 1 is 1.10 bits per heavy atom. The lowest BCUT2D eigenvalue weighted by Gasteiger charge is -2.30. The first kappa shape index (κ1) is 21.9. The molecule has 0 aliphatic carbocycles. The molecular formula is C23H25BrN2O4. The van der Waals surface area contributed by atoms with E-state index in [-0.39, 0.29) is 12.6 Å². The van der Waals surface area contributed by atoms with Gasteiger partial charge in [0.1, 0.15) is 12.4 Å². The van der Waals surface area contributed by atoms with E-state index in [1.165, 1.54) is 0 Å². The van der Waals surface area contributed by atoms with Gasteiger partial charge in [-0.2, -0.15) is 0 Å². The normalized spacial score (nSPS) is 16.0. The third-order valence-electron chi connectivity index (χ3n) is 4.69. The standard InChI is InChI=1S/C23H25BrN2O4/c1-3-7-18-20(22(27)29-4-2)21(26-23(28)25-18)17-8-5-6-9-19(17)30-14-15-10-12-16(24)13-11-15/h5-6,8-13,21H,3-4,7,14H2,1-2H3,(H2,25,26,28). The lowest BCUT2D eigenvalue weighted by molar-refractivity contribution is -0.139. The molecule has 2 amide bonds. The average molecular weight is 473 g/mol. The van der Waals surface area contributed by atoms with E-state index in [1.54, 1.807) is 6.92 Å². The molecule has 0 spiro atoms. The Bertz CT molecular complexity index is 940. The lowest BCUT2D eigenvalue weighted by Crippen LogP contribution is -2.46. The number of amides is 2. The number of halogens is 1. The minimum Gasteiger partial charge on any atom is -0.489 e. The van der Waals surface area contributed by atoms with Crippen LogP contribution in [-0.4, -0.2) is 18.6 Å². The molecule has 6 nitrogen and oxygen atoms in total. The SMILES string of the molecule is CCCC1=C(C(=O)OCC)C(c2ccccc2OCc2ccc(Br)cc2)NC(=O)N1. The number of esters is 1. The van der Waals surface area contributed by atoms with E-state index in [0.717, 1.165) is 16.5 Å². The molecule has 0 saturated carbocycles. The van der Waals surface area contributed by atoms with Crippen molar-refractivity contribution in [2.24, 2.45) is 0 Å². The molecule has 3 rings (SSSR count). The largest absolute Gasteiger partial charge is 0.489 e. The fourth-order valence-electron chi connectivity index (χ4n) is 3.34. The first-order chi connectivity index (χ1) is 14.5. The van der Waals surface area contributed by atoms with Gasteiger partial charge >= 0.3 is 12.0 Å². The van der Waals surface area contributed by atoms with E-state index in [9.17, 15) is 9.59 Å². The number of rotatable bonds is 8. The number of hydrogen-bond acceptors (Lipinski definition) is 4. The Kier molecular flexibility index (Phi) is 7.52. The van der Waals surface area contributed by atoms with Gasteiger partial charge in [-0.3, -0.25) is 0 Å². The summed E-state index contributed by atoms with van der Waals surface area (Å²) in [6.07, 6.45) is 1.35. The van der Waals surface area contributed by atoms with Gasteiger partial charge in [0.15, 0.2) is 0 Å². The predicted octanol–water partition coefficient (Wildman–Crippen LogP) is 5.00. The summed E-state index contributed by atoms with van der Waals surface area (Å²) >= 11 is 3.43. The summed E-state index contributed by atoms with van der Waals surface area (Å²) < 4.78 is 12.4. The molecule has 1 atom stereocenters. The first-order valence-corrected chi connectivity index (χ1v) is 10.8. The monoisotopic (exact) mass is 472 g/mol. The van der Waals surface area contributed by atoms with Gasteiger partial charge in [0.05, 0.1) is 18.2 Å². The zero-order valence-electron chi connectivity index (χ0n) is 17.0. The van der Waals surface area contributed by atoms with Crippen molar-refractivity contribution < 1.29 is 19.1 Å². The van der Waals surface area contributed by atoms with Gasteiger partial charge in [0, 0.05) is 15.7 Å². The summed E-state index contributed by atoms with van der Waals surface area (Å²) in [4.78, 5) is 25.1. The predicted molar refractivity (Wildman–Crippen MR) is 118 cm³/mol. The molecular weight excluding hydrogens is 448 g/mol. The number of urea groups is 1. The molecule has 0 fully saturated rings. The summed E-state index contributed by atoms with van der Waals surface area (Å²) in [6.45, 7) is 4.37. The minimum absolute atomic E-state index is 0.254. The van der Waals surface area contributed by atoms with Crippen molar-refractivity contribution in [3.8, 4) is 5.75 Å². The Hall–Kier alpha value is -2.80. The van der Waals surface area contributed by atoms with Crippen LogP contribution in [0.2, 0.25) is 0 Å².